The Bertz CT molecular complexity index is 716. The molecule has 0 spiro atoms. The quantitative estimate of drug-likeness (QED) is 0.788. The smallest absolute Gasteiger partial charge is 0.165 e. The molecule has 24 heavy (non-hydrogen) atoms. The molecule has 0 aliphatic rings. The first-order valence-corrected chi connectivity index (χ1v) is 8.49. The molecule has 0 aliphatic carbocycles. The fraction of sp³-hybridized carbons (Fsp3) is 0.471. The molecule has 0 N–H and O–H groups in total. The molecule has 130 valence electrons. The molecule has 1 aromatic carbocycles. The van der Waals surface area contributed by atoms with Crippen molar-refractivity contribution < 1.29 is 0 Å². The zero-order chi connectivity index (χ0) is 17.9. The standard InChI is InChI=1S/C17H23Cl2N5/c1-17(2,3)15(24-16(11-23(4)5)20-21-22-24)9-7-12-6-8-13(18)10-14(12)19/h6-10,15H,11H2,1-5H3/b9-7+. The van der Waals surface area contributed by atoms with Crippen molar-refractivity contribution in [2.75, 3.05) is 14.1 Å². The van der Waals surface area contributed by atoms with Gasteiger partial charge in [0.15, 0.2) is 5.82 Å². The van der Waals surface area contributed by atoms with Gasteiger partial charge >= 0.3 is 0 Å². The number of hydrogen-bond donors (Lipinski definition) is 0. The van der Waals surface area contributed by atoms with Crippen LogP contribution in [0.1, 0.15) is 38.2 Å². The first kappa shape index (κ1) is 18.9. The second-order valence-corrected chi connectivity index (χ2v) is 7.96. The summed E-state index contributed by atoms with van der Waals surface area (Å²) in [7, 11) is 3.99. The molecule has 1 aromatic heterocycles. The summed E-state index contributed by atoms with van der Waals surface area (Å²) in [6, 6.07) is 5.47. The summed E-state index contributed by atoms with van der Waals surface area (Å²) in [6.45, 7) is 7.15. The van der Waals surface area contributed by atoms with Gasteiger partial charge in [-0.3, -0.25) is 0 Å². The van der Waals surface area contributed by atoms with Crippen LogP contribution in [0.5, 0.6) is 0 Å². The second kappa shape index (κ2) is 7.64. The van der Waals surface area contributed by atoms with Crippen LogP contribution in [-0.2, 0) is 6.54 Å². The van der Waals surface area contributed by atoms with Gasteiger partial charge in [-0.25, -0.2) is 4.68 Å². The molecule has 7 heteroatoms. The lowest BCUT2D eigenvalue weighted by atomic mass is 9.86. The van der Waals surface area contributed by atoms with Crippen molar-refractivity contribution in [2.24, 2.45) is 5.41 Å². The number of tetrazole rings is 1. The van der Waals surface area contributed by atoms with Gasteiger partial charge in [0, 0.05) is 10.0 Å². The number of benzene rings is 1. The highest BCUT2D eigenvalue weighted by Gasteiger charge is 2.27. The predicted molar refractivity (Wildman–Crippen MR) is 99.2 cm³/mol. The molecular formula is C17H23Cl2N5. The Morgan fingerprint density at radius 3 is 2.54 bits per heavy atom. The average molecular weight is 368 g/mol. The van der Waals surface area contributed by atoms with E-state index in [-0.39, 0.29) is 11.5 Å². The Labute approximate surface area is 153 Å². The van der Waals surface area contributed by atoms with E-state index in [1.54, 1.807) is 6.07 Å². The first-order chi connectivity index (χ1) is 11.2. The summed E-state index contributed by atoms with van der Waals surface area (Å²) in [5, 5.41) is 13.5. The molecule has 2 aromatic rings. The molecular weight excluding hydrogens is 345 g/mol. The molecule has 0 bridgehead atoms. The highest BCUT2D eigenvalue weighted by Crippen LogP contribution is 2.33. The number of nitrogens with zero attached hydrogens (tertiary/aromatic N) is 5. The maximum atomic E-state index is 6.26. The highest BCUT2D eigenvalue weighted by molar-refractivity contribution is 6.35. The van der Waals surface area contributed by atoms with Crippen LogP contribution >= 0.6 is 23.2 Å². The van der Waals surface area contributed by atoms with Crippen molar-refractivity contribution in [3.8, 4) is 0 Å². The SMILES string of the molecule is CN(C)Cc1nnnn1C(/C=C/c1ccc(Cl)cc1Cl)C(C)(C)C. The van der Waals surface area contributed by atoms with Crippen molar-refractivity contribution in [3.05, 3.63) is 45.7 Å². The summed E-state index contributed by atoms with van der Waals surface area (Å²) >= 11 is 12.2. The highest BCUT2D eigenvalue weighted by atomic mass is 35.5. The van der Waals surface area contributed by atoms with Gasteiger partial charge in [-0.2, -0.15) is 0 Å². The summed E-state index contributed by atoms with van der Waals surface area (Å²) in [5.41, 5.74) is 0.851. The zero-order valence-corrected chi connectivity index (χ0v) is 16.2. The van der Waals surface area contributed by atoms with E-state index in [9.17, 15) is 0 Å². The summed E-state index contributed by atoms with van der Waals surface area (Å²) in [4.78, 5) is 2.04. The van der Waals surface area contributed by atoms with Crippen LogP contribution in [0.2, 0.25) is 10.0 Å². The third-order valence-corrected chi connectivity index (χ3v) is 4.15. The summed E-state index contributed by atoms with van der Waals surface area (Å²) in [6.07, 6.45) is 4.08. The molecule has 0 saturated heterocycles. The molecule has 2 rings (SSSR count). The average Bonchev–Trinajstić information content (AvgIpc) is 2.87. The molecule has 1 unspecified atom stereocenters. The molecule has 5 nitrogen and oxygen atoms in total. The van der Waals surface area contributed by atoms with Crippen molar-refractivity contribution in [2.45, 2.75) is 33.4 Å². The monoisotopic (exact) mass is 367 g/mol. The Kier molecular flexibility index (Phi) is 6.01. The number of aromatic nitrogens is 4. The summed E-state index contributed by atoms with van der Waals surface area (Å²) in [5.74, 6) is 0.826. The van der Waals surface area contributed by atoms with E-state index in [1.807, 2.05) is 41.9 Å². The van der Waals surface area contributed by atoms with E-state index in [1.165, 1.54) is 0 Å². The number of hydrogen-bond acceptors (Lipinski definition) is 4. The van der Waals surface area contributed by atoms with Crippen molar-refractivity contribution in [1.29, 1.82) is 0 Å². The van der Waals surface area contributed by atoms with Crippen LogP contribution in [-0.4, -0.2) is 39.2 Å². The van der Waals surface area contributed by atoms with Crippen LogP contribution < -0.4 is 0 Å². The van der Waals surface area contributed by atoms with E-state index in [0.29, 0.717) is 16.6 Å². The van der Waals surface area contributed by atoms with Crippen molar-refractivity contribution >= 4 is 29.3 Å². The van der Waals surface area contributed by atoms with E-state index in [2.05, 4.69) is 42.4 Å². The Morgan fingerprint density at radius 2 is 1.96 bits per heavy atom. The van der Waals surface area contributed by atoms with Gasteiger partial charge in [-0.15, -0.1) is 5.10 Å². The largest absolute Gasteiger partial charge is 0.302 e. The Morgan fingerprint density at radius 1 is 1.25 bits per heavy atom. The molecule has 0 aliphatic heterocycles. The lowest BCUT2D eigenvalue weighted by Crippen LogP contribution is -2.27. The van der Waals surface area contributed by atoms with Gasteiger partial charge in [0.25, 0.3) is 0 Å². The van der Waals surface area contributed by atoms with Gasteiger partial charge < -0.3 is 4.90 Å². The normalized spacial score (nSPS) is 13.8. The Hall–Kier alpha value is -1.43. The maximum Gasteiger partial charge on any atom is 0.165 e. The molecule has 0 saturated carbocycles. The lowest BCUT2D eigenvalue weighted by Gasteiger charge is -2.29. The topological polar surface area (TPSA) is 46.8 Å². The van der Waals surface area contributed by atoms with E-state index < -0.39 is 0 Å². The molecule has 0 amide bonds. The first-order valence-electron chi connectivity index (χ1n) is 7.73. The lowest BCUT2D eigenvalue weighted by molar-refractivity contribution is 0.256. The minimum absolute atomic E-state index is 0.00538. The van der Waals surface area contributed by atoms with E-state index in [4.69, 9.17) is 23.2 Å². The van der Waals surface area contributed by atoms with Gasteiger partial charge in [0.1, 0.15) is 0 Å². The van der Waals surface area contributed by atoms with Crippen LogP contribution in [0.4, 0.5) is 0 Å². The van der Waals surface area contributed by atoms with Gasteiger partial charge in [-0.1, -0.05) is 62.2 Å². The minimum Gasteiger partial charge on any atom is -0.302 e. The molecule has 1 heterocycles. The Balaban J connectivity index is 2.37. The van der Waals surface area contributed by atoms with Crippen LogP contribution in [0.15, 0.2) is 24.3 Å². The van der Waals surface area contributed by atoms with Crippen LogP contribution in [0.25, 0.3) is 6.08 Å². The van der Waals surface area contributed by atoms with Gasteiger partial charge in [0.05, 0.1) is 12.6 Å². The number of rotatable bonds is 5. The van der Waals surface area contributed by atoms with E-state index >= 15 is 0 Å². The van der Waals surface area contributed by atoms with Crippen LogP contribution in [0, 0.1) is 5.41 Å². The van der Waals surface area contributed by atoms with Gasteiger partial charge in [0.2, 0.25) is 0 Å². The fourth-order valence-electron chi connectivity index (χ4n) is 2.38. The molecule has 0 radical (unpaired) electrons. The third-order valence-electron chi connectivity index (χ3n) is 3.59. The number of allylic oxidation sites excluding steroid dienone is 1. The number of halogens is 2. The molecule has 0 fully saturated rings. The predicted octanol–water partition coefficient (Wildman–Crippen LogP) is 4.34. The molecule has 1 atom stereocenters. The van der Waals surface area contributed by atoms with Crippen molar-refractivity contribution in [3.63, 3.8) is 0 Å². The van der Waals surface area contributed by atoms with E-state index in [0.717, 1.165) is 11.4 Å². The maximum absolute atomic E-state index is 6.26. The second-order valence-electron chi connectivity index (χ2n) is 7.11. The third kappa shape index (κ3) is 4.79. The van der Waals surface area contributed by atoms with Gasteiger partial charge in [-0.05, 0) is 47.6 Å². The fourth-order valence-corrected chi connectivity index (χ4v) is 2.86. The zero-order valence-electron chi connectivity index (χ0n) is 14.7. The van der Waals surface area contributed by atoms with Crippen LogP contribution in [0.3, 0.4) is 0 Å². The minimum atomic E-state index is -0.0636. The van der Waals surface area contributed by atoms with Crippen molar-refractivity contribution in [1.82, 2.24) is 25.1 Å². The summed E-state index contributed by atoms with van der Waals surface area (Å²) < 4.78 is 1.88.